The Balaban J connectivity index is 1.77. The van der Waals surface area contributed by atoms with Crippen LogP contribution in [-0.2, 0) is 23.1 Å². The van der Waals surface area contributed by atoms with Crippen molar-refractivity contribution >= 4 is 0 Å². The number of hydrogen-bond donors (Lipinski definition) is 1. The van der Waals surface area contributed by atoms with Crippen LogP contribution in [0.1, 0.15) is 25.1 Å². The van der Waals surface area contributed by atoms with Crippen LogP contribution in [0.2, 0.25) is 0 Å². The summed E-state index contributed by atoms with van der Waals surface area (Å²) in [6.07, 6.45) is 2.06. The molecule has 1 aliphatic rings. The van der Waals surface area contributed by atoms with Gasteiger partial charge in [0.2, 0.25) is 0 Å². The van der Waals surface area contributed by atoms with Crippen molar-refractivity contribution in [3.05, 3.63) is 23.5 Å². The molecule has 1 saturated heterocycles. The van der Waals surface area contributed by atoms with Gasteiger partial charge < -0.3 is 19.4 Å². The Bertz CT molecular complexity index is 459. The van der Waals surface area contributed by atoms with Gasteiger partial charge in [-0.2, -0.15) is 5.26 Å². The molecule has 0 aromatic carbocycles. The SMILES string of the molecule is Cn1cc(CNCC2COC(C)(C)O2)cc1C#N. The van der Waals surface area contributed by atoms with Crippen molar-refractivity contribution in [1.82, 2.24) is 9.88 Å². The fourth-order valence-corrected chi connectivity index (χ4v) is 2.08. The van der Waals surface area contributed by atoms with E-state index in [0.29, 0.717) is 12.3 Å². The lowest BCUT2D eigenvalue weighted by atomic mass is 10.3. The number of aromatic nitrogens is 1. The zero-order chi connectivity index (χ0) is 13.2. The van der Waals surface area contributed by atoms with E-state index in [4.69, 9.17) is 14.7 Å². The Morgan fingerprint density at radius 2 is 2.39 bits per heavy atom. The second-order valence-electron chi connectivity index (χ2n) is 5.04. The molecular weight excluding hydrogens is 230 g/mol. The molecule has 1 aromatic rings. The molecule has 0 spiro atoms. The van der Waals surface area contributed by atoms with Gasteiger partial charge in [-0.05, 0) is 25.5 Å². The quantitative estimate of drug-likeness (QED) is 0.869. The van der Waals surface area contributed by atoms with Gasteiger partial charge in [0.05, 0.1) is 12.7 Å². The summed E-state index contributed by atoms with van der Waals surface area (Å²) in [6, 6.07) is 4.04. The third-order valence-corrected chi connectivity index (χ3v) is 2.94. The first-order chi connectivity index (χ1) is 8.50. The molecule has 1 fully saturated rings. The minimum absolute atomic E-state index is 0.0964. The molecule has 5 nitrogen and oxygen atoms in total. The van der Waals surface area contributed by atoms with E-state index < -0.39 is 5.79 Å². The topological polar surface area (TPSA) is 59.2 Å². The molecule has 0 saturated carbocycles. The number of rotatable bonds is 4. The van der Waals surface area contributed by atoms with Gasteiger partial charge in [0.1, 0.15) is 11.8 Å². The van der Waals surface area contributed by atoms with Crippen molar-refractivity contribution in [3.63, 3.8) is 0 Å². The molecule has 0 radical (unpaired) electrons. The molecule has 2 rings (SSSR count). The number of ether oxygens (including phenoxy) is 2. The molecule has 0 amide bonds. The number of hydrogen-bond acceptors (Lipinski definition) is 4. The maximum absolute atomic E-state index is 8.86. The predicted molar refractivity (Wildman–Crippen MR) is 66.7 cm³/mol. The Morgan fingerprint density at radius 1 is 1.61 bits per heavy atom. The Hall–Kier alpha value is -1.35. The zero-order valence-electron chi connectivity index (χ0n) is 11.1. The molecule has 98 valence electrons. The largest absolute Gasteiger partial charge is 0.348 e. The molecule has 2 heterocycles. The van der Waals surface area contributed by atoms with Gasteiger partial charge in [0, 0.05) is 26.3 Å². The standard InChI is InChI=1S/C13H19N3O2/c1-13(2)17-9-12(18-13)7-15-6-10-4-11(5-14)16(3)8-10/h4,8,12,15H,6-7,9H2,1-3H3. The van der Waals surface area contributed by atoms with Crippen LogP contribution in [0.5, 0.6) is 0 Å². The molecule has 1 atom stereocenters. The number of nitriles is 1. The van der Waals surface area contributed by atoms with Crippen molar-refractivity contribution in [2.45, 2.75) is 32.3 Å². The van der Waals surface area contributed by atoms with E-state index in [9.17, 15) is 0 Å². The Morgan fingerprint density at radius 3 is 2.94 bits per heavy atom. The van der Waals surface area contributed by atoms with Crippen LogP contribution >= 0.6 is 0 Å². The summed E-state index contributed by atoms with van der Waals surface area (Å²) in [6.45, 7) is 5.95. The summed E-state index contributed by atoms with van der Waals surface area (Å²) >= 11 is 0. The van der Waals surface area contributed by atoms with Gasteiger partial charge in [0.15, 0.2) is 5.79 Å². The van der Waals surface area contributed by atoms with Gasteiger partial charge in [0.25, 0.3) is 0 Å². The van der Waals surface area contributed by atoms with Gasteiger partial charge in [-0.3, -0.25) is 0 Å². The van der Waals surface area contributed by atoms with Crippen LogP contribution in [0.4, 0.5) is 0 Å². The van der Waals surface area contributed by atoms with Gasteiger partial charge in [-0.15, -0.1) is 0 Å². The molecule has 18 heavy (non-hydrogen) atoms. The average molecular weight is 249 g/mol. The summed E-state index contributed by atoms with van der Waals surface area (Å²) in [5.41, 5.74) is 1.78. The number of nitrogens with one attached hydrogen (secondary N) is 1. The van der Waals surface area contributed by atoms with Crippen LogP contribution in [0, 0.1) is 11.3 Å². The van der Waals surface area contributed by atoms with Gasteiger partial charge in [-0.25, -0.2) is 0 Å². The third kappa shape index (κ3) is 3.10. The number of aryl methyl sites for hydroxylation is 1. The third-order valence-electron chi connectivity index (χ3n) is 2.94. The predicted octanol–water partition coefficient (Wildman–Crippen LogP) is 1.14. The lowest BCUT2D eigenvalue weighted by molar-refractivity contribution is -0.137. The summed E-state index contributed by atoms with van der Waals surface area (Å²) in [7, 11) is 1.87. The van der Waals surface area contributed by atoms with E-state index in [1.165, 1.54) is 0 Å². The molecule has 1 unspecified atom stereocenters. The normalized spacial score (nSPS) is 22.0. The van der Waals surface area contributed by atoms with Gasteiger partial charge >= 0.3 is 0 Å². The fraction of sp³-hybridized carbons (Fsp3) is 0.615. The summed E-state index contributed by atoms with van der Waals surface area (Å²) < 4.78 is 13.0. The first-order valence-corrected chi connectivity index (χ1v) is 6.08. The highest BCUT2D eigenvalue weighted by molar-refractivity contribution is 5.28. The first-order valence-electron chi connectivity index (χ1n) is 6.08. The Labute approximate surface area is 107 Å². The van der Waals surface area contributed by atoms with Gasteiger partial charge in [-0.1, -0.05) is 0 Å². The summed E-state index contributed by atoms with van der Waals surface area (Å²) in [5, 5.41) is 12.2. The van der Waals surface area contributed by atoms with Crippen molar-refractivity contribution in [3.8, 4) is 6.07 Å². The average Bonchev–Trinajstić information content (AvgIpc) is 2.82. The smallest absolute Gasteiger partial charge is 0.163 e. The molecule has 1 aromatic heterocycles. The fourth-order valence-electron chi connectivity index (χ4n) is 2.08. The molecule has 0 aliphatic carbocycles. The lowest BCUT2D eigenvalue weighted by Crippen LogP contribution is -2.30. The highest BCUT2D eigenvalue weighted by Crippen LogP contribution is 2.21. The molecule has 1 N–H and O–H groups in total. The zero-order valence-corrected chi connectivity index (χ0v) is 11.1. The van der Waals surface area contributed by atoms with Crippen LogP contribution in [0.3, 0.4) is 0 Å². The van der Waals surface area contributed by atoms with Crippen LogP contribution in [0.15, 0.2) is 12.3 Å². The second kappa shape index (κ2) is 5.11. The highest BCUT2D eigenvalue weighted by Gasteiger charge is 2.32. The Kier molecular flexibility index (Phi) is 3.71. The van der Waals surface area contributed by atoms with Crippen molar-refractivity contribution in [2.75, 3.05) is 13.2 Å². The minimum Gasteiger partial charge on any atom is -0.348 e. The molecular formula is C13H19N3O2. The van der Waals surface area contributed by atoms with Crippen LogP contribution in [-0.4, -0.2) is 29.6 Å². The van der Waals surface area contributed by atoms with E-state index >= 15 is 0 Å². The van der Waals surface area contributed by atoms with E-state index in [1.54, 1.807) is 0 Å². The maximum Gasteiger partial charge on any atom is 0.163 e. The van der Waals surface area contributed by atoms with E-state index in [1.807, 2.05) is 37.7 Å². The molecule has 5 heteroatoms. The monoisotopic (exact) mass is 249 g/mol. The first kappa shape index (κ1) is 13.1. The second-order valence-corrected chi connectivity index (χ2v) is 5.04. The maximum atomic E-state index is 8.86. The molecule has 0 bridgehead atoms. The van der Waals surface area contributed by atoms with E-state index in [2.05, 4.69) is 11.4 Å². The summed E-state index contributed by atoms with van der Waals surface area (Å²) in [5.74, 6) is -0.465. The highest BCUT2D eigenvalue weighted by atomic mass is 16.7. The van der Waals surface area contributed by atoms with Crippen LogP contribution in [0.25, 0.3) is 0 Å². The van der Waals surface area contributed by atoms with Crippen LogP contribution < -0.4 is 5.32 Å². The molecule has 1 aliphatic heterocycles. The summed E-state index contributed by atoms with van der Waals surface area (Å²) in [4.78, 5) is 0. The van der Waals surface area contributed by atoms with Crippen molar-refractivity contribution in [2.24, 2.45) is 7.05 Å². The van der Waals surface area contributed by atoms with Crippen molar-refractivity contribution in [1.29, 1.82) is 5.26 Å². The van der Waals surface area contributed by atoms with E-state index in [0.717, 1.165) is 18.7 Å². The number of nitrogens with zero attached hydrogens (tertiary/aromatic N) is 2. The van der Waals surface area contributed by atoms with E-state index in [-0.39, 0.29) is 6.10 Å². The lowest BCUT2D eigenvalue weighted by Gasteiger charge is -2.17. The van der Waals surface area contributed by atoms with Crippen molar-refractivity contribution < 1.29 is 9.47 Å². The minimum atomic E-state index is -0.465.